The van der Waals surface area contributed by atoms with Crippen molar-refractivity contribution in [2.45, 2.75) is 25.9 Å². The third kappa shape index (κ3) is 3.03. The first-order valence-electron chi connectivity index (χ1n) is 5.91. The van der Waals surface area contributed by atoms with Gasteiger partial charge in [0, 0.05) is 10.9 Å². The maximum absolute atomic E-state index is 11.6. The molecular formula is C14H15NO2S. The Labute approximate surface area is 110 Å². The molecule has 2 aromatic rings. The van der Waals surface area contributed by atoms with Gasteiger partial charge in [0.15, 0.2) is 5.78 Å². The predicted molar refractivity (Wildman–Crippen MR) is 72.6 cm³/mol. The van der Waals surface area contributed by atoms with Crippen molar-refractivity contribution in [2.75, 3.05) is 0 Å². The second-order valence-electron chi connectivity index (χ2n) is 4.06. The van der Waals surface area contributed by atoms with Gasteiger partial charge in [-0.3, -0.25) is 4.79 Å². The number of aliphatic hydroxyl groups is 1. The minimum Gasteiger partial charge on any atom is -0.385 e. The van der Waals surface area contributed by atoms with E-state index in [-0.39, 0.29) is 12.2 Å². The highest BCUT2D eigenvalue weighted by molar-refractivity contribution is 7.10. The average Bonchev–Trinajstić information content (AvgIpc) is 2.87. The molecule has 4 heteroatoms. The fourth-order valence-electron chi connectivity index (χ4n) is 1.63. The highest BCUT2D eigenvalue weighted by atomic mass is 32.1. The molecule has 1 heterocycles. The molecule has 0 radical (unpaired) electrons. The zero-order valence-corrected chi connectivity index (χ0v) is 11.0. The topological polar surface area (TPSA) is 50.2 Å². The van der Waals surface area contributed by atoms with Crippen LogP contribution in [0.5, 0.6) is 0 Å². The number of carbonyl (C=O) groups excluding carboxylic acids is 1. The van der Waals surface area contributed by atoms with Gasteiger partial charge in [0.25, 0.3) is 0 Å². The highest BCUT2D eigenvalue weighted by Gasteiger charge is 2.15. The maximum Gasteiger partial charge on any atom is 0.168 e. The van der Waals surface area contributed by atoms with Crippen molar-refractivity contribution in [3.8, 4) is 11.3 Å². The molecule has 2 rings (SSSR count). The second kappa shape index (κ2) is 5.89. The van der Waals surface area contributed by atoms with E-state index in [1.807, 2.05) is 35.7 Å². The van der Waals surface area contributed by atoms with E-state index in [2.05, 4.69) is 4.98 Å². The maximum atomic E-state index is 11.6. The normalized spacial score (nSPS) is 12.3. The standard InChI is InChI=1S/C14H15NO2S/c1-2-12(16)13(17)8-14-15-11(9-18-14)10-6-4-3-5-7-10/h3-7,9,12,16H,2,8H2,1H3. The van der Waals surface area contributed by atoms with E-state index in [1.165, 1.54) is 11.3 Å². The van der Waals surface area contributed by atoms with Gasteiger partial charge in [0.2, 0.25) is 0 Å². The second-order valence-corrected chi connectivity index (χ2v) is 5.00. The van der Waals surface area contributed by atoms with Crippen LogP contribution in [0.1, 0.15) is 18.4 Å². The third-order valence-electron chi connectivity index (χ3n) is 2.71. The van der Waals surface area contributed by atoms with Crippen LogP contribution in [0, 0.1) is 0 Å². The molecule has 0 aliphatic heterocycles. The van der Waals surface area contributed by atoms with Crippen molar-refractivity contribution >= 4 is 17.1 Å². The van der Waals surface area contributed by atoms with Gasteiger partial charge in [0.05, 0.1) is 12.1 Å². The fourth-order valence-corrected chi connectivity index (χ4v) is 2.44. The van der Waals surface area contributed by atoms with Crippen LogP contribution in [0.4, 0.5) is 0 Å². The molecule has 0 fully saturated rings. The number of benzene rings is 1. The number of aliphatic hydroxyl groups excluding tert-OH is 1. The summed E-state index contributed by atoms with van der Waals surface area (Å²) >= 11 is 1.46. The molecule has 0 amide bonds. The molecule has 0 aliphatic carbocycles. The lowest BCUT2D eigenvalue weighted by molar-refractivity contribution is -0.126. The van der Waals surface area contributed by atoms with Gasteiger partial charge in [0.1, 0.15) is 11.1 Å². The molecule has 3 nitrogen and oxygen atoms in total. The zero-order chi connectivity index (χ0) is 13.0. The van der Waals surface area contributed by atoms with E-state index < -0.39 is 6.10 Å². The first-order chi connectivity index (χ1) is 8.70. The molecule has 0 bridgehead atoms. The minimum absolute atomic E-state index is 0.161. The van der Waals surface area contributed by atoms with E-state index in [1.54, 1.807) is 6.92 Å². The van der Waals surface area contributed by atoms with Gasteiger partial charge >= 0.3 is 0 Å². The number of aromatic nitrogens is 1. The Morgan fingerprint density at radius 3 is 2.78 bits per heavy atom. The van der Waals surface area contributed by atoms with Crippen LogP contribution in [0.2, 0.25) is 0 Å². The highest BCUT2D eigenvalue weighted by Crippen LogP contribution is 2.22. The van der Waals surface area contributed by atoms with E-state index in [4.69, 9.17) is 0 Å². The summed E-state index contributed by atoms with van der Waals surface area (Å²) in [5.74, 6) is -0.161. The van der Waals surface area contributed by atoms with Gasteiger partial charge in [-0.15, -0.1) is 11.3 Å². The number of hydrogen-bond acceptors (Lipinski definition) is 4. The van der Waals surface area contributed by atoms with Crippen LogP contribution in [-0.2, 0) is 11.2 Å². The minimum atomic E-state index is -0.867. The summed E-state index contributed by atoms with van der Waals surface area (Å²) in [5.41, 5.74) is 1.93. The number of thiazole rings is 1. The van der Waals surface area contributed by atoms with Gasteiger partial charge < -0.3 is 5.11 Å². The van der Waals surface area contributed by atoms with Gasteiger partial charge in [-0.05, 0) is 6.42 Å². The molecule has 0 aliphatic rings. The predicted octanol–water partition coefficient (Wildman–Crippen LogP) is 2.69. The summed E-state index contributed by atoms with van der Waals surface area (Å²) in [7, 11) is 0. The Bertz CT molecular complexity index is 522. The molecule has 94 valence electrons. The first-order valence-corrected chi connectivity index (χ1v) is 6.79. The molecule has 0 saturated carbocycles. The summed E-state index contributed by atoms with van der Waals surface area (Å²) in [6.07, 6.45) is -0.198. The van der Waals surface area contributed by atoms with Crippen molar-refractivity contribution in [1.82, 2.24) is 4.98 Å². The number of rotatable bonds is 5. The Morgan fingerprint density at radius 2 is 2.11 bits per heavy atom. The number of carbonyl (C=O) groups is 1. The van der Waals surface area contributed by atoms with Crippen LogP contribution < -0.4 is 0 Å². The molecule has 1 N–H and O–H groups in total. The number of Topliss-reactive ketones (excluding diaryl/α,β-unsaturated/α-hetero) is 1. The Morgan fingerprint density at radius 1 is 1.39 bits per heavy atom. The average molecular weight is 261 g/mol. The largest absolute Gasteiger partial charge is 0.385 e. The van der Waals surface area contributed by atoms with E-state index in [0.717, 1.165) is 16.3 Å². The van der Waals surface area contributed by atoms with Gasteiger partial charge in [-0.1, -0.05) is 37.3 Å². The smallest absolute Gasteiger partial charge is 0.168 e. The van der Waals surface area contributed by atoms with Crippen molar-refractivity contribution in [3.63, 3.8) is 0 Å². The molecule has 1 aromatic heterocycles. The third-order valence-corrected chi connectivity index (χ3v) is 3.55. The lowest BCUT2D eigenvalue weighted by Crippen LogP contribution is -2.21. The molecule has 1 atom stereocenters. The van der Waals surface area contributed by atoms with Crippen LogP contribution in [-0.4, -0.2) is 22.0 Å². The summed E-state index contributed by atoms with van der Waals surface area (Å²) in [6.45, 7) is 1.79. The quantitative estimate of drug-likeness (QED) is 0.900. The van der Waals surface area contributed by atoms with E-state index >= 15 is 0 Å². The molecule has 0 saturated heterocycles. The Kier molecular flexibility index (Phi) is 4.23. The van der Waals surface area contributed by atoms with Crippen LogP contribution in [0.3, 0.4) is 0 Å². The van der Waals surface area contributed by atoms with Crippen molar-refractivity contribution in [2.24, 2.45) is 0 Å². The monoisotopic (exact) mass is 261 g/mol. The molecule has 0 spiro atoms. The van der Waals surface area contributed by atoms with Gasteiger partial charge in [-0.2, -0.15) is 0 Å². The summed E-state index contributed by atoms with van der Waals surface area (Å²) in [5, 5.41) is 12.1. The Balaban J connectivity index is 2.10. The van der Waals surface area contributed by atoms with Crippen LogP contribution >= 0.6 is 11.3 Å². The summed E-state index contributed by atoms with van der Waals surface area (Å²) in [6, 6.07) is 9.85. The molecule has 1 unspecified atom stereocenters. The lowest BCUT2D eigenvalue weighted by Gasteiger charge is -2.03. The van der Waals surface area contributed by atoms with Crippen molar-refractivity contribution in [3.05, 3.63) is 40.7 Å². The molecular weight excluding hydrogens is 246 g/mol. The van der Waals surface area contributed by atoms with Crippen molar-refractivity contribution < 1.29 is 9.90 Å². The summed E-state index contributed by atoms with van der Waals surface area (Å²) in [4.78, 5) is 16.0. The van der Waals surface area contributed by atoms with Crippen molar-refractivity contribution in [1.29, 1.82) is 0 Å². The number of nitrogens with zero attached hydrogens (tertiary/aromatic N) is 1. The van der Waals surface area contributed by atoms with Crippen LogP contribution in [0.15, 0.2) is 35.7 Å². The van der Waals surface area contributed by atoms with E-state index in [0.29, 0.717) is 6.42 Å². The van der Waals surface area contributed by atoms with Gasteiger partial charge in [-0.25, -0.2) is 4.98 Å². The molecule has 1 aromatic carbocycles. The zero-order valence-electron chi connectivity index (χ0n) is 10.2. The summed E-state index contributed by atoms with van der Waals surface area (Å²) < 4.78 is 0. The number of hydrogen-bond donors (Lipinski definition) is 1. The molecule has 18 heavy (non-hydrogen) atoms. The lowest BCUT2D eigenvalue weighted by atomic mass is 10.1. The first kappa shape index (κ1) is 12.9. The van der Waals surface area contributed by atoms with E-state index in [9.17, 15) is 9.90 Å². The van der Waals surface area contributed by atoms with Crippen LogP contribution in [0.25, 0.3) is 11.3 Å². The Hall–Kier alpha value is -1.52. The SMILES string of the molecule is CCC(O)C(=O)Cc1nc(-c2ccccc2)cs1. The fraction of sp³-hybridized carbons (Fsp3) is 0.286. The number of ketones is 1.